The minimum absolute atomic E-state index is 0.0737. The van der Waals surface area contributed by atoms with E-state index >= 15 is 0 Å². The monoisotopic (exact) mass is 425 g/mol. The lowest BCUT2D eigenvalue weighted by Gasteiger charge is -2.46. The van der Waals surface area contributed by atoms with E-state index in [0.29, 0.717) is 4.91 Å². The van der Waals surface area contributed by atoms with Crippen LogP contribution in [0.5, 0.6) is 0 Å². The molecule has 2 aliphatic rings. The number of nitrogens with zero attached hydrogens (tertiary/aromatic N) is 5. The quantitative estimate of drug-likeness (QED) is 0.115. The molecule has 2 radical (unpaired) electrons. The highest BCUT2D eigenvalue weighted by atomic mass is 32.2. The van der Waals surface area contributed by atoms with Gasteiger partial charge in [-0.05, 0) is 26.3 Å². The predicted octanol–water partition coefficient (Wildman–Crippen LogP) is 2.52. The van der Waals surface area contributed by atoms with E-state index in [4.69, 9.17) is 22.8 Å². The zero-order chi connectivity index (χ0) is 21.1. The molecule has 13 heteroatoms. The highest BCUT2D eigenvalue weighted by molar-refractivity contribution is 8.03. The third kappa shape index (κ3) is 4.52. The molecule has 2 rings (SSSR count). The normalized spacial score (nSPS) is 25.4. The fourth-order valence-corrected chi connectivity index (χ4v) is 4.74. The molecule has 28 heavy (non-hydrogen) atoms. The Hall–Kier alpha value is -1.58. The summed E-state index contributed by atoms with van der Waals surface area (Å²) >= 11 is 1.27. The van der Waals surface area contributed by atoms with E-state index in [1.54, 1.807) is 20.8 Å². The first-order valence-corrected chi connectivity index (χ1v) is 10.3. The molecule has 1 N–H and O–H groups in total. The number of carbonyl (C=O) groups is 2. The Labute approximate surface area is 170 Å². The third-order valence-corrected chi connectivity index (χ3v) is 6.11. The summed E-state index contributed by atoms with van der Waals surface area (Å²) in [6.45, 7) is 7.17. The van der Waals surface area contributed by atoms with E-state index < -0.39 is 23.6 Å². The standard InChI is InChI=1S/C15H21BN5O5PS/c1-7-10-9(8(2)22)13(23)21(10)11(14(24)26-27-19-16)12(7)28-6-25-15(3,4)5-18-20-17/h7-10,22H,5-6H2,1-4H3. The van der Waals surface area contributed by atoms with Crippen molar-refractivity contribution < 1.29 is 24.0 Å². The minimum Gasteiger partial charge on any atom is -0.393 e. The first kappa shape index (κ1) is 22.7. The summed E-state index contributed by atoms with van der Waals surface area (Å²) < 4.78 is 14.0. The van der Waals surface area contributed by atoms with Gasteiger partial charge in [0.1, 0.15) is 5.70 Å². The lowest BCUT2D eigenvalue weighted by Crippen LogP contribution is -2.63. The van der Waals surface area contributed by atoms with Crippen LogP contribution in [0.25, 0.3) is 10.4 Å². The van der Waals surface area contributed by atoms with Gasteiger partial charge in [0.15, 0.2) is 0 Å². The molecule has 1 amide bonds. The van der Waals surface area contributed by atoms with Crippen LogP contribution in [0.4, 0.5) is 0 Å². The molecule has 0 spiro atoms. The maximum atomic E-state index is 12.5. The van der Waals surface area contributed by atoms with E-state index in [-0.39, 0.29) is 44.6 Å². The zero-order valence-electron chi connectivity index (χ0n) is 16.0. The number of hydrogen-bond donors (Lipinski definition) is 1. The largest absolute Gasteiger partial charge is 0.393 e. The van der Waals surface area contributed by atoms with Crippen molar-refractivity contribution >= 4 is 40.2 Å². The molecule has 10 nitrogen and oxygen atoms in total. The average molecular weight is 425 g/mol. The van der Waals surface area contributed by atoms with Crippen molar-refractivity contribution in [2.45, 2.75) is 45.4 Å². The van der Waals surface area contributed by atoms with E-state index in [1.807, 2.05) is 6.92 Å². The zero-order valence-corrected chi connectivity index (χ0v) is 17.7. The number of fused-ring (bicyclic) bond motifs is 1. The second-order valence-electron chi connectivity index (χ2n) is 7.10. The number of rotatable bonds is 9. The lowest BCUT2D eigenvalue weighted by molar-refractivity contribution is -0.162. The van der Waals surface area contributed by atoms with Crippen LogP contribution in [-0.4, -0.2) is 60.1 Å². The average Bonchev–Trinajstić information content (AvgIpc) is 2.86. The number of carbonyl (C=O) groups excluding carboxylic acids is 2. The number of azide groups is 1. The summed E-state index contributed by atoms with van der Waals surface area (Å²) in [5, 5.41) is 13.5. The third-order valence-electron chi connectivity index (χ3n) is 4.65. The number of ether oxygens (including phenoxy) is 1. The van der Waals surface area contributed by atoms with Crippen molar-refractivity contribution in [3.63, 3.8) is 0 Å². The maximum absolute atomic E-state index is 12.5. The second kappa shape index (κ2) is 9.28. The first-order valence-electron chi connectivity index (χ1n) is 8.50. The van der Waals surface area contributed by atoms with E-state index in [1.165, 1.54) is 16.7 Å². The summed E-state index contributed by atoms with van der Waals surface area (Å²) in [5.74, 6) is -1.61. The van der Waals surface area contributed by atoms with Crippen LogP contribution in [0.2, 0.25) is 0 Å². The van der Waals surface area contributed by atoms with Crippen molar-refractivity contribution in [1.29, 1.82) is 0 Å². The van der Waals surface area contributed by atoms with Crippen LogP contribution in [0.15, 0.2) is 20.4 Å². The Morgan fingerprint density at radius 3 is 2.82 bits per heavy atom. The van der Waals surface area contributed by atoms with Gasteiger partial charge in [-0.25, -0.2) is 4.79 Å². The molecule has 2 heterocycles. The molecule has 0 aliphatic carbocycles. The Kier molecular flexibility index (Phi) is 7.53. The number of hydrogen-bond acceptors (Lipinski definition) is 8. The van der Waals surface area contributed by atoms with E-state index in [2.05, 4.69) is 14.7 Å². The smallest absolute Gasteiger partial charge is 0.365 e. The molecule has 1 fully saturated rings. The van der Waals surface area contributed by atoms with Gasteiger partial charge in [-0.2, -0.15) is 0 Å². The van der Waals surface area contributed by atoms with Crippen LogP contribution in [0.1, 0.15) is 27.7 Å². The summed E-state index contributed by atoms with van der Waals surface area (Å²) in [7, 11) is 4.94. The molecule has 0 saturated carbocycles. The molecule has 2 aliphatic heterocycles. The van der Waals surface area contributed by atoms with Crippen LogP contribution in [0.3, 0.4) is 0 Å². The summed E-state index contributed by atoms with van der Waals surface area (Å²) in [6.07, 6.45) is -0.825. The molecule has 4 unspecified atom stereocenters. The lowest BCUT2D eigenvalue weighted by atomic mass is 9.79. The van der Waals surface area contributed by atoms with Gasteiger partial charge in [0, 0.05) is 15.7 Å². The van der Waals surface area contributed by atoms with Gasteiger partial charge in [-0.1, -0.05) is 23.8 Å². The summed E-state index contributed by atoms with van der Waals surface area (Å²) in [4.78, 5) is 29.7. The Balaban J connectivity index is 2.21. The Morgan fingerprint density at radius 1 is 1.57 bits per heavy atom. The number of aliphatic hydroxyl groups is 1. The topological polar surface area (TPSA) is 137 Å². The molecule has 4 atom stereocenters. The SMILES string of the molecule is [B]N=POC(=O)C1=C(SCOC(C)(C)CN=[N+]=[N-])C(C)C2C(C(C)O)C(=O)N12. The van der Waals surface area contributed by atoms with Gasteiger partial charge in [-0.3, -0.25) is 4.79 Å². The first-order chi connectivity index (χ1) is 13.2. The van der Waals surface area contributed by atoms with Crippen molar-refractivity contribution in [3.8, 4) is 0 Å². The highest BCUT2D eigenvalue weighted by Gasteiger charge is 2.60. The van der Waals surface area contributed by atoms with Crippen molar-refractivity contribution in [2.24, 2.45) is 21.6 Å². The molecular weight excluding hydrogens is 404 g/mol. The Bertz CT molecular complexity index is 755. The number of β-lactam (4-membered cyclic amide) rings is 1. The second-order valence-corrected chi connectivity index (χ2v) is 8.64. The molecule has 1 saturated heterocycles. The van der Waals surface area contributed by atoms with Gasteiger partial charge in [-0.15, -0.1) is 0 Å². The van der Waals surface area contributed by atoms with Crippen LogP contribution in [-0.2, 0) is 18.8 Å². The molecule has 0 bridgehead atoms. The van der Waals surface area contributed by atoms with Crippen LogP contribution < -0.4 is 0 Å². The summed E-state index contributed by atoms with van der Waals surface area (Å²) in [5.41, 5.74) is 7.90. The summed E-state index contributed by atoms with van der Waals surface area (Å²) in [6, 6.07) is -0.319. The predicted molar refractivity (Wildman–Crippen MR) is 105 cm³/mol. The molecule has 150 valence electrons. The van der Waals surface area contributed by atoms with Crippen molar-refractivity contribution in [1.82, 2.24) is 4.90 Å². The minimum atomic E-state index is -0.825. The highest BCUT2D eigenvalue weighted by Crippen LogP contribution is 2.51. The molecule has 0 aromatic rings. The van der Waals surface area contributed by atoms with Crippen molar-refractivity contribution in [2.75, 3.05) is 12.5 Å². The van der Waals surface area contributed by atoms with Gasteiger partial charge in [0.2, 0.25) is 14.5 Å². The molecule has 0 aromatic carbocycles. The van der Waals surface area contributed by atoms with Gasteiger partial charge in [0.25, 0.3) is 7.98 Å². The fraction of sp³-hybridized carbons (Fsp3) is 0.733. The number of aliphatic hydroxyl groups excluding tert-OH is 1. The molecule has 0 aromatic heterocycles. The van der Waals surface area contributed by atoms with Crippen LogP contribution in [0, 0.1) is 11.8 Å². The number of amides is 1. The van der Waals surface area contributed by atoms with Gasteiger partial charge < -0.3 is 23.9 Å². The number of thioether (sulfide) groups is 1. The van der Waals surface area contributed by atoms with Gasteiger partial charge >= 0.3 is 5.97 Å². The van der Waals surface area contributed by atoms with Crippen molar-refractivity contribution in [3.05, 3.63) is 21.0 Å². The molecular formula is C15H21BN5O5PS. The van der Waals surface area contributed by atoms with E-state index in [0.717, 1.165) is 0 Å². The van der Waals surface area contributed by atoms with Crippen LogP contribution >= 0.6 is 20.4 Å². The maximum Gasteiger partial charge on any atom is 0.365 e. The van der Waals surface area contributed by atoms with E-state index in [9.17, 15) is 14.7 Å². The Morgan fingerprint density at radius 2 is 2.25 bits per heavy atom. The fourth-order valence-electron chi connectivity index (χ4n) is 3.31. The van der Waals surface area contributed by atoms with Gasteiger partial charge in [0.05, 0.1) is 36.1 Å².